The minimum absolute atomic E-state index is 0.0855. The van der Waals surface area contributed by atoms with Gasteiger partial charge in [0, 0.05) is 40.3 Å². The second-order valence-corrected chi connectivity index (χ2v) is 10.4. The first-order valence-electron chi connectivity index (χ1n) is 12.0. The van der Waals surface area contributed by atoms with Gasteiger partial charge in [-0.1, -0.05) is 20.8 Å². The van der Waals surface area contributed by atoms with Gasteiger partial charge in [0.05, 0.1) is 7.11 Å². The number of halogens is 3. The van der Waals surface area contributed by atoms with E-state index in [0.29, 0.717) is 30.6 Å². The first-order valence-corrected chi connectivity index (χ1v) is 12.8. The number of thiophene rings is 1. The smallest absolute Gasteiger partial charge is 0.432 e. The predicted molar refractivity (Wildman–Crippen MR) is 135 cm³/mol. The number of carbonyl (C=O) groups excluding carboxylic acids is 2. The van der Waals surface area contributed by atoms with E-state index < -0.39 is 47.3 Å². The molecule has 0 aliphatic rings. The van der Waals surface area contributed by atoms with E-state index in [-0.39, 0.29) is 24.0 Å². The van der Waals surface area contributed by atoms with Gasteiger partial charge < -0.3 is 14.3 Å². The highest BCUT2D eigenvalue weighted by Gasteiger charge is 2.29. The van der Waals surface area contributed by atoms with Crippen LogP contribution in [0.15, 0.2) is 32.4 Å². The van der Waals surface area contributed by atoms with Gasteiger partial charge in [0.15, 0.2) is 5.78 Å². The number of ketones is 1. The van der Waals surface area contributed by atoms with Crippen molar-refractivity contribution in [3.05, 3.63) is 49.7 Å². The Bertz CT molecular complexity index is 1150. The number of hydrogen-bond acceptors (Lipinski definition) is 7. The number of methoxy groups -OCH3 is 1. The Balaban J connectivity index is 2.00. The number of carbonyl (C=O) groups is 2. The van der Waals surface area contributed by atoms with Gasteiger partial charge in [-0.25, -0.2) is 9.59 Å². The van der Waals surface area contributed by atoms with Crippen molar-refractivity contribution in [1.29, 1.82) is 0 Å². The quantitative estimate of drug-likeness (QED) is 0.181. The summed E-state index contributed by atoms with van der Waals surface area (Å²) in [7, 11) is 1.23. The Hall–Kier alpha value is -2.95. The van der Waals surface area contributed by atoms with Crippen LogP contribution >= 0.6 is 11.3 Å². The third-order valence-electron chi connectivity index (χ3n) is 6.19. The number of aromatic hydroxyl groups is 1. The molecule has 0 bridgehead atoms. The molecule has 0 aliphatic heterocycles. The summed E-state index contributed by atoms with van der Waals surface area (Å²) < 4.78 is 47.2. The fourth-order valence-corrected chi connectivity index (χ4v) is 4.89. The average molecular weight is 544 g/mol. The molecule has 0 fully saturated rings. The number of rotatable bonds is 12. The summed E-state index contributed by atoms with van der Waals surface area (Å²) in [6.07, 6.45) is -2.24. The molecule has 2 aromatic heterocycles. The lowest BCUT2D eigenvalue weighted by atomic mass is 9.86. The standard InChI is InChI=1S/C26H32F3NO6S/c1-15(7-5-6-12-30-25(34)35-4)21-14-20(31)22(24(33)36-21)23(32)17(3)16(2)13-19-9-8-18(37-19)10-11-26(27,28)29/h8-9,12,14-17,31H,5-7,10-11,13H2,1-4H3. The Labute approximate surface area is 217 Å². The molecule has 3 unspecified atom stereocenters. The van der Waals surface area contributed by atoms with Crippen molar-refractivity contribution in [1.82, 2.24) is 0 Å². The average Bonchev–Trinajstić information content (AvgIpc) is 3.27. The molecule has 2 rings (SSSR count). The highest BCUT2D eigenvalue weighted by atomic mass is 32.1. The van der Waals surface area contributed by atoms with E-state index in [9.17, 15) is 32.7 Å². The van der Waals surface area contributed by atoms with Crippen molar-refractivity contribution in [3.8, 4) is 5.75 Å². The van der Waals surface area contributed by atoms with Gasteiger partial charge in [-0.3, -0.25) is 4.79 Å². The fraction of sp³-hybridized carbons (Fsp3) is 0.538. The number of ether oxygens (including phenoxy) is 1. The van der Waals surface area contributed by atoms with Crippen LogP contribution in [0.1, 0.15) is 78.2 Å². The first-order chi connectivity index (χ1) is 17.3. The van der Waals surface area contributed by atoms with Crippen molar-refractivity contribution >= 4 is 29.4 Å². The van der Waals surface area contributed by atoms with E-state index >= 15 is 0 Å². The molecule has 11 heteroatoms. The monoisotopic (exact) mass is 543 g/mol. The summed E-state index contributed by atoms with van der Waals surface area (Å²) in [5.41, 5.74) is -1.32. The van der Waals surface area contributed by atoms with E-state index in [1.165, 1.54) is 30.7 Å². The molecular formula is C26H32F3NO6S. The van der Waals surface area contributed by atoms with Gasteiger partial charge in [0.2, 0.25) is 0 Å². The maximum atomic E-state index is 13.0. The molecule has 0 spiro atoms. The molecule has 2 heterocycles. The second kappa shape index (κ2) is 13.6. The number of aryl methyl sites for hydroxylation is 1. The molecule has 3 atom stereocenters. The number of amides is 1. The normalized spacial score (nSPS) is 14.5. The number of unbranched alkanes of at least 4 members (excludes halogenated alkanes) is 1. The van der Waals surface area contributed by atoms with Crippen molar-refractivity contribution in [2.75, 3.05) is 7.11 Å². The third-order valence-corrected chi connectivity index (χ3v) is 7.35. The van der Waals surface area contributed by atoms with E-state index in [2.05, 4.69) is 9.73 Å². The number of alkyl halides is 3. The Morgan fingerprint density at radius 2 is 1.89 bits per heavy atom. The van der Waals surface area contributed by atoms with Gasteiger partial charge in [-0.15, -0.1) is 11.3 Å². The molecule has 1 amide bonds. The Morgan fingerprint density at radius 3 is 2.51 bits per heavy atom. The SMILES string of the molecule is COC(=O)N=CCCCC(C)c1cc(O)c(C(=O)C(C)C(C)Cc2ccc(CCC(F)(F)F)s2)c(=O)o1. The van der Waals surface area contributed by atoms with Gasteiger partial charge in [-0.05, 0) is 50.2 Å². The second-order valence-electron chi connectivity index (χ2n) is 9.13. The summed E-state index contributed by atoms with van der Waals surface area (Å²) in [6.45, 7) is 5.28. The lowest BCUT2D eigenvalue weighted by molar-refractivity contribution is -0.133. The zero-order valence-electron chi connectivity index (χ0n) is 21.3. The summed E-state index contributed by atoms with van der Waals surface area (Å²) in [6, 6.07) is 4.70. The topological polar surface area (TPSA) is 106 Å². The van der Waals surface area contributed by atoms with E-state index in [1.807, 2.05) is 13.8 Å². The van der Waals surface area contributed by atoms with Crippen LogP contribution in [0.2, 0.25) is 0 Å². The van der Waals surface area contributed by atoms with Gasteiger partial charge in [-0.2, -0.15) is 18.2 Å². The minimum atomic E-state index is -4.21. The van der Waals surface area contributed by atoms with Crippen molar-refractivity contribution in [3.63, 3.8) is 0 Å². The number of aliphatic imine (C=N–C) groups is 1. The van der Waals surface area contributed by atoms with Crippen LogP contribution < -0.4 is 5.63 Å². The predicted octanol–water partition coefficient (Wildman–Crippen LogP) is 6.71. The van der Waals surface area contributed by atoms with Crippen LogP contribution in [0.25, 0.3) is 0 Å². The van der Waals surface area contributed by atoms with Crippen LogP contribution in [0.5, 0.6) is 5.75 Å². The highest BCUT2D eigenvalue weighted by molar-refractivity contribution is 7.12. The number of hydrogen-bond donors (Lipinski definition) is 1. The lowest BCUT2D eigenvalue weighted by Gasteiger charge is -2.18. The van der Waals surface area contributed by atoms with Crippen molar-refractivity contribution in [2.24, 2.45) is 16.8 Å². The fourth-order valence-electron chi connectivity index (χ4n) is 3.73. The van der Waals surface area contributed by atoms with E-state index in [4.69, 9.17) is 4.42 Å². The molecule has 7 nitrogen and oxygen atoms in total. The Kier molecular flexibility index (Phi) is 11.1. The summed E-state index contributed by atoms with van der Waals surface area (Å²) in [4.78, 5) is 41.7. The van der Waals surface area contributed by atoms with E-state index in [0.717, 1.165) is 4.88 Å². The zero-order chi connectivity index (χ0) is 27.8. The maximum absolute atomic E-state index is 13.0. The van der Waals surface area contributed by atoms with Gasteiger partial charge in [0.1, 0.15) is 17.1 Å². The summed E-state index contributed by atoms with van der Waals surface area (Å²) in [5, 5.41) is 10.5. The maximum Gasteiger partial charge on any atom is 0.432 e. The Morgan fingerprint density at radius 1 is 1.22 bits per heavy atom. The van der Waals surface area contributed by atoms with E-state index in [1.54, 1.807) is 19.1 Å². The number of nitrogens with zero attached hydrogens (tertiary/aromatic N) is 1. The molecule has 0 aromatic carbocycles. The van der Waals surface area contributed by atoms with Gasteiger partial charge in [0.25, 0.3) is 0 Å². The minimum Gasteiger partial charge on any atom is -0.507 e. The molecule has 204 valence electrons. The van der Waals surface area contributed by atoms with Crippen LogP contribution in [0.4, 0.5) is 18.0 Å². The van der Waals surface area contributed by atoms with Crippen LogP contribution in [-0.4, -0.2) is 36.5 Å². The van der Waals surface area contributed by atoms with Crippen LogP contribution in [0.3, 0.4) is 0 Å². The molecule has 0 saturated carbocycles. The van der Waals surface area contributed by atoms with Crippen LogP contribution in [-0.2, 0) is 17.6 Å². The molecule has 2 aromatic rings. The zero-order valence-corrected chi connectivity index (χ0v) is 22.1. The summed E-state index contributed by atoms with van der Waals surface area (Å²) in [5.74, 6) is -1.84. The molecular weight excluding hydrogens is 511 g/mol. The first kappa shape index (κ1) is 30.3. The van der Waals surface area contributed by atoms with Gasteiger partial charge >= 0.3 is 17.9 Å². The molecule has 0 radical (unpaired) electrons. The molecule has 37 heavy (non-hydrogen) atoms. The molecule has 0 aliphatic carbocycles. The van der Waals surface area contributed by atoms with Crippen molar-refractivity contribution in [2.45, 2.75) is 71.4 Å². The molecule has 0 saturated heterocycles. The third kappa shape index (κ3) is 9.46. The summed E-state index contributed by atoms with van der Waals surface area (Å²) >= 11 is 1.28. The van der Waals surface area contributed by atoms with Crippen LogP contribution in [0, 0.1) is 11.8 Å². The molecule has 1 N–H and O–H groups in total. The lowest BCUT2D eigenvalue weighted by Crippen LogP contribution is -2.26. The number of Topliss-reactive ketones (excluding diaryl/α,β-unsaturated/α-hetero) is 1. The highest BCUT2D eigenvalue weighted by Crippen LogP contribution is 2.30. The van der Waals surface area contributed by atoms with Crippen molar-refractivity contribution < 1.29 is 37.0 Å². The largest absolute Gasteiger partial charge is 0.507 e.